The Kier molecular flexibility index (Phi) is 4.39. The van der Waals surface area contributed by atoms with Crippen molar-refractivity contribution in [1.29, 1.82) is 0 Å². The van der Waals surface area contributed by atoms with E-state index in [-0.39, 0.29) is 11.7 Å². The topological polar surface area (TPSA) is 41.4 Å². The molecule has 0 saturated carbocycles. The molecule has 2 aromatic carbocycles. The number of para-hydroxylation sites is 2. The predicted molar refractivity (Wildman–Crippen MR) is 98.1 cm³/mol. The maximum Gasteiger partial charge on any atom is 0.257 e. The van der Waals surface area contributed by atoms with E-state index >= 15 is 0 Å². The number of halogens is 1. The highest BCUT2D eigenvalue weighted by Crippen LogP contribution is 2.21. The summed E-state index contributed by atoms with van der Waals surface area (Å²) in [4.78, 5) is 16.5. The summed E-state index contributed by atoms with van der Waals surface area (Å²) in [7, 11) is 0. The van der Waals surface area contributed by atoms with Gasteiger partial charge in [-0.2, -0.15) is 5.10 Å². The van der Waals surface area contributed by atoms with Crippen molar-refractivity contribution in [3.63, 3.8) is 0 Å². The molecule has 1 aliphatic heterocycles. The van der Waals surface area contributed by atoms with Crippen LogP contribution in [0, 0.1) is 5.82 Å². The Balaban J connectivity index is 1.43. The van der Waals surface area contributed by atoms with Crippen LogP contribution in [0.5, 0.6) is 0 Å². The molecule has 0 radical (unpaired) electrons. The summed E-state index contributed by atoms with van der Waals surface area (Å²) in [5, 5.41) is 4.29. The second-order valence-electron chi connectivity index (χ2n) is 6.24. The largest absolute Gasteiger partial charge is 0.366 e. The number of amides is 1. The zero-order chi connectivity index (χ0) is 17.9. The average Bonchev–Trinajstić information content (AvgIpc) is 3.19. The van der Waals surface area contributed by atoms with Crippen LogP contribution < -0.4 is 4.90 Å². The van der Waals surface area contributed by atoms with Crippen LogP contribution in [-0.2, 0) is 0 Å². The molecule has 132 valence electrons. The van der Waals surface area contributed by atoms with Crippen LogP contribution in [0.15, 0.2) is 67.0 Å². The highest BCUT2D eigenvalue weighted by atomic mass is 19.1. The molecule has 0 N–H and O–H groups in total. The fourth-order valence-electron chi connectivity index (χ4n) is 3.20. The minimum absolute atomic E-state index is 0.0413. The number of hydrogen-bond donors (Lipinski definition) is 0. The quantitative estimate of drug-likeness (QED) is 0.729. The van der Waals surface area contributed by atoms with E-state index in [0.717, 1.165) is 5.69 Å². The molecule has 3 aromatic rings. The molecule has 0 bridgehead atoms. The third-order valence-corrected chi connectivity index (χ3v) is 4.61. The van der Waals surface area contributed by atoms with Crippen LogP contribution >= 0.6 is 0 Å². The Bertz CT molecular complexity index is 901. The van der Waals surface area contributed by atoms with Gasteiger partial charge in [0.25, 0.3) is 5.91 Å². The van der Waals surface area contributed by atoms with Crippen LogP contribution in [0.1, 0.15) is 10.4 Å². The smallest absolute Gasteiger partial charge is 0.257 e. The van der Waals surface area contributed by atoms with Gasteiger partial charge in [-0.1, -0.05) is 30.3 Å². The maximum atomic E-state index is 13.9. The predicted octanol–water partition coefficient (Wildman–Crippen LogP) is 2.97. The van der Waals surface area contributed by atoms with E-state index in [1.54, 1.807) is 34.1 Å². The van der Waals surface area contributed by atoms with Gasteiger partial charge in [0.1, 0.15) is 5.82 Å². The lowest BCUT2D eigenvalue weighted by atomic mass is 10.2. The van der Waals surface area contributed by atoms with Gasteiger partial charge >= 0.3 is 0 Å². The highest BCUT2D eigenvalue weighted by molar-refractivity contribution is 5.94. The Morgan fingerprint density at radius 1 is 0.923 bits per heavy atom. The Hall–Kier alpha value is -3.15. The zero-order valence-electron chi connectivity index (χ0n) is 14.3. The number of hydrogen-bond acceptors (Lipinski definition) is 3. The monoisotopic (exact) mass is 350 g/mol. The van der Waals surface area contributed by atoms with Gasteiger partial charge in [0.15, 0.2) is 0 Å². The molecular weight excluding hydrogens is 331 g/mol. The van der Waals surface area contributed by atoms with Gasteiger partial charge in [-0.15, -0.1) is 0 Å². The Morgan fingerprint density at radius 3 is 2.35 bits per heavy atom. The number of nitrogens with zero attached hydrogens (tertiary/aromatic N) is 4. The normalized spacial score (nSPS) is 14.5. The fraction of sp³-hybridized carbons (Fsp3) is 0.200. The molecule has 4 rings (SSSR count). The van der Waals surface area contributed by atoms with Gasteiger partial charge in [0.05, 0.1) is 23.1 Å². The standard InChI is InChI=1S/C20H19FN4O/c21-18-8-4-5-9-19(18)23-10-12-24(13-11-23)20(26)16-14-22-25(15-16)17-6-2-1-3-7-17/h1-9,14-15H,10-13H2. The molecule has 26 heavy (non-hydrogen) atoms. The number of carbonyl (C=O) groups excluding carboxylic acids is 1. The SMILES string of the molecule is O=C(c1cnn(-c2ccccc2)c1)N1CCN(c2ccccc2F)CC1. The molecule has 0 aliphatic carbocycles. The van der Waals surface area contributed by atoms with E-state index in [0.29, 0.717) is 37.4 Å². The summed E-state index contributed by atoms with van der Waals surface area (Å²) in [5.74, 6) is -0.267. The van der Waals surface area contributed by atoms with Gasteiger partial charge in [0, 0.05) is 32.4 Å². The highest BCUT2D eigenvalue weighted by Gasteiger charge is 2.24. The lowest BCUT2D eigenvalue weighted by Gasteiger charge is -2.36. The van der Waals surface area contributed by atoms with Crippen molar-refractivity contribution in [2.75, 3.05) is 31.1 Å². The summed E-state index contributed by atoms with van der Waals surface area (Å²) in [6, 6.07) is 16.4. The van der Waals surface area contributed by atoms with Crippen molar-refractivity contribution in [2.45, 2.75) is 0 Å². The second-order valence-corrected chi connectivity index (χ2v) is 6.24. The number of carbonyl (C=O) groups is 1. The van der Waals surface area contributed by atoms with Crippen molar-refractivity contribution < 1.29 is 9.18 Å². The third-order valence-electron chi connectivity index (χ3n) is 4.61. The number of anilines is 1. The first-order chi connectivity index (χ1) is 12.7. The van der Waals surface area contributed by atoms with E-state index in [2.05, 4.69) is 5.10 Å². The van der Waals surface area contributed by atoms with Crippen LogP contribution in [0.4, 0.5) is 10.1 Å². The number of benzene rings is 2. The summed E-state index contributed by atoms with van der Waals surface area (Å²) >= 11 is 0. The first kappa shape index (κ1) is 16.3. The van der Waals surface area contributed by atoms with Crippen LogP contribution in [0.25, 0.3) is 5.69 Å². The first-order valence-electron chi connectivity index (χ1n) is 8.61. The lowest BCUT2D eigenvalue weighted by molar-refractivity contribution is 0.0746. The molecule has 0 unspecified atom stereocenters. The maximum absolute atomic E-state index is 13.9. The molecule has 2 heterocycles. The number of aromatic nitrogens is 2. The molecule has 1 saturated heterocycles. The lowest BCUT2D eigenvalue weighted by Crippen LogP contribution is -2.49. The van der Waals surface area contributed by atoms with Crippen LogP contribution in [-0.4, -0.2) is 46.8 Å². The second kappa shape index (κ2) is 7.00. The van der Waals surface area contributed by atoms with Crippen molar-refractivity contribution >= 4 is 11.6 Å². The molecule has 1 fully saturated rings. The van der Waals surface area contributed by atoms with E-state index < -0.39 is 0 Å². The molecule has 1 amide bonds. The van der Waals surface area contributed by atoms with E-state index in [1.165, 1.54) is 6.07 Å². The third kappa shape index (κ3) is 3.18. The summed E-state index contributed by atoms with van der Waals surface area (Å²) in [6.45, 7) is 2.34. The number of rotatable bonds is 3. The Labute approximate surface area is 151 Å². The summed E-state index contributed by atoms with van der Waals surface area (Å²) < 4.78 is 15.6. The van der Waals surface area contributed by atoms with E-state index in [9.17, 15) is 9.18 Å². The van der Waals surface area contributed by atoms with Gasteiger partial charge in [-0.25, -0.2) is 9.07 Å². The average molecular weight is 350 g/mol. The van der Waals surface area contributed by atoms with Gasteiger partial charge in [-0.3, -0.25) is 4.79 Å². The summed E-state index contributed by atoms with van der Waals surface area (Å²) in [6.07, 6.45) is 3.35. The molecule has 0 spiro atoms. The number of piperazine rings is 1. The fourth-order valence-corrected chi connectivity index (χ4v) is 3.20. The zero-order valence-corrected chi connectivity index (χ0v) is 14.3. The Morgan fingerprint density at radius 2 is 1.62 bits per heavy atom. The van der Waals surface area contributed by atoms with Crippen molar-refractivity contribution in [2.24, 2.45) is 0 Å². The molecule has 0 atom stereocenters. The minimum atomic E-state index is -0.226. The summed E-state index contributed by atoms with van der Waals surface area (Å²) in [5.41, 5.74) is 2.07. The van der Waals surface area contributed by atoms with E-state index in [4.69, 9.17) is 0 Å². The van der Waals surface area contributed by atoms with E-state index in [1.807, 2.05) is 41.3 Å². The van der Waals surface area contributed by atoms with Crippen molar-refractivity contribution in [1.82, 2.24) is 14.7 Å². The first-order valence-corrected chi connectivity index (χ1v) is 8.61. The van der Waals surface area contributed by atoms with Crippen LogP contribution in [0.2, 0.25) is 0 Å². The molecule has 1 aliphatic rings. The molecule has 1 aromatic heterocycles. The van der Waals surface area contributed by atoms with Gasteiger partial charge in [-0.05, 0) is 24.3 Å². The van der Waals surface area contributed by atoms with Crippen molar-refractivity contribution in [3.8, 4) is 5.69 Å². The van der Waals surface area contributed by atoms with Crippen molar-refractivity contribution in [3.05, 3.63) is 78.4 Å². The van der Waals surface area contributed by atoms with Gasteiger partial charge in [0.2, 0.25) is 0 Å². The molecular formula is C20H19FN4O. The van der Waals surface area contributed by atoms with Gasteiger partial charge < -0.3 is 9.80 Å². The molecule has 6 heteroatoms. The minimum Gasteiger partial charge on any atom is -0.366 e. The van der Waals surface area contributed by atoms with Crippen LogP contribution in [0.3, 0.4) is 0 Å². The molecule has 5 nitrogen and oxygen atoms in total.